The molecular formula is C20H38Zr. The topological polar surface area (TPSA) is 0 Å². The molecule has 1 aliphatic rings. The van der Waals surface area contributed by atoms with Crippen LogP contribution in [0.1, 0.15) is 62.3 Å². The molecule has 0 unspecified atom stereocenters. The maximum atomic E-state index is 2.53. The molecule has 0 aromatic rings. The summed E-state index contributed by atoms with van der Waals surface area (Å²) < 4.78 is 5.29. The summed E-state index contributed by atoms with van der Waals surface area (Å²) in [4.78, 5) is 0. The van der Waals surface area contributed by atoms with Crippen molar-refractivity contribution in [1.82, 2.24) is 0 Å². The molecule has 0 heterocycles. The molecule has 0 aromatic heterocycles. The number of hydrogen-bond donors (Lipinski definition) is 0. The molecule has 0 fully saturated rings. The summed E-state index contributed by atoms with van der Waals surface area (Å²) in [5, 5.41) is 0. The van der Waals surface area contributed by atoms with Crippen LogP contribution in [0.5, 0.6) is 0 Å². The van der Waals surface area contributed by atoms with Crippen molar-refractivity contribution < 1.29 is 20.3 Å². The SMILES string of the molecule is CC(C)(C)[CH2][Zr]([CH2]C(C)(C)C)([CH2]C(C)(C)C)[CH]1C=CC=C1. The van der Waals surface area contributed by atoms with E-state index in [1.165, 1.54) is 12.4 Å². The van der Waals surface area contributed by atoms with Gasteiger partial charge in [0.05, 0.1) is 0 Å². The first-order chi connectivity index (χ1) is 9.23. The van der Waals surface area contributed by atoms with Crippen molar-refractivity contribution in [1.29, 1.82) is 0 Å². The molecule has 0 spiro atoms. The third kappa shape index (κ3) is 6.98. The van der Waals surface area contributed by atoms with Crippen molar-refractivity contribution in [3.63, 3.8) is 0 Å². The van der Waals surface area contributed by atoms with Crippen LogP contribution in [0.2, 0.25) is 16.0 Å². The van der Waals surface area contributed by atoms with Crippen molar-refractivity contribution in [2.75, 3.05) is 0 Å². The molecule has 1 heteroatoms. The van der Waals surface area contributed by atoms with Crippen molar-refractivity contribution in [2.45, 2.75) is 78.3 Å². The molecular weight excluding hydrogens is 331 g/mol. The number of allylic oxidation sites excluding steroid dienone is 4. The van der Waals surface area contributed by atoms with Gasteiger partial charge in [-0.05, 0) is 0 Å². The molecule has 1 rings (SSSR count). The Kier molecular flexibility index (Phi) is 5.98. The summed E-state index contributed by atoms with van der Waals surface area (Å²) in [7, 11) is 0. The van der Waals surface area contributed by atoms with Gasteiger partial charge in [-0.1, -0.05) is 0 Å². The summed E-state index contributed by atoms with van der Waals surface area (Å²) in [6.45, 7) is 22.1. The van der Waals surface area contributed by atoms with Crippen LogP contribution in [0.15, 0.2) is 24.3 Å². The van der Waals surface area contributed by atoms with Crippen LogP contribution < -0.4 is 0 Å². The second-order valence-corrected chi connectivity index (χ2v) is 21.8. The fourth-order valence-corrected chi connectivity index (χ4v) is 25.3. The summed E-state index contributed by atoms with van der Waals surface area (Å²) >= 11 is -2.36. The molecule has 0 saturated carbocycles. The molecule has 122 valence electrons. The van der Waals surface area contributed by atoms with Gasteiger partial charge < -0.3 is 0 Å². The van der Waals surface area contributed by atoms with Crippen LogP contribution in [0.25, 0.3) is 0 Å². The summed E-state index contributed by atoms with van der Waals surface area (Å²) in [5.41, 5.74) is 1.37. The maximum absolute atomic E-state index is 2.53. The Hall–Kier alpha value is 0.363. The molecule has 21 heavy (non-hydrogen) atoms. The predicted molar refractivity (Wildman–Crippen MR) is 94.8 cm³/mol. The predicted octanol–water partition coefficient (Wildman–Crippen LogP) is 7.45. The Labute approximate surface area is 138 Å². The van der Waals surface area contributed by atoms with E-state index in [0.717, 1.165) is 3.63 Å². The molecule has 0 atom stereocenters. The second-order valence-electron chi connectivity index (χ2n) is 10.9. The number of rotatable bonds is 4. The quantitative estimate of drug-likeness (QED) is 0.482. The van der Waals surface area contributed by atoms with Gasteiger partial charge in [0.25, 0.3) is 0 Å². The van der Waals surface area contributed by atoms with Crippen LogP contribution in [0, 0.1) is 16.2 Å². The fraction of sp³-hybridized carbons (Fsp3) is 0.800. The van der Waals surface area contributed by atoms with Gasteiger partial charge in [-0.15, -0.1) is 0 Å². The average Bonchev–Trinajstić information content (AvgIpc) is 2.59. The summed E-state index contributed by atoms with van der Waals surface area (Å²) in [6, 6.07) is 0. The van der Waals surface area contributed by atoms with Crippen LogP contribution >= 0.6 is 0 Å². The first kappa shape index (κ1) is 19.4. The first-order valence-electron chi connectivity index (χ1n) is 8.58. The second kappa shape index (κ2) is 6.47. The van der Waals surface area contributed by atoms with E-state index in [1.54, 1.807) is 0 Å². The Morgan fingerprint density at radius 2 is 0.905 bits per heavy atom. The number of hydrogen-bond acceptors (Lipinski definition) is 0. The third-order valence-electron chi connectivity index (χ3n) is 4.10. The van der Waals surface area contributed by atoms with Gasteiger partial charge in [0, 0.05) is 0 Å². The van der Waals surface area contributed by atoms with Crippen molar-refractivity contribution >= 4 is 0 Å². The molecule has 0 aromatic carbocycles. The van der Waals surface area contributed by atoms with E-state index in [4.69, 9.17) is 0 Å². The van der Waals surface area contributed by atoms with E-state index in [1.807, 2.05) is 0 Å². The Bertz CT molecular complexity index is 340. The van der Waals surface area contributed by atoms with E-state index in [-0.39, 0.29) is 0 Å². The molecule has 0 N–H and O–H groups in total. The van der Waals surface area contributed by atoms with Crippen molar-refractivity contribution in [3.8, 4) is 0 Å². The molecule has 1 aliphatic carbocycles. The third-order valence-corrected chi connectivity index (χ3v) is 21.5. The molecule has 0 nitrogen and oxygen atoms in total. The zero-order valence-corrected chi connectivity index (χ0v) is 18.5. The van der Waals surface area contributed by atoms with Crippen LogP contribution in [0.3, 0.4) is 0 Å². The van der Waals surface area contributed by atoms with Crippen LogP contribution in [-0.2, 0) is 20.3 Å². The van der Waals surface area contributed by atoms with Crippen LogP contribution in [-0.4, -0.2) is 0 Å². The van der Waals surface area contributed by atoms with Crippen LogP contribution in [0.4, 0.5) is 0 Å². The van der Waals surface area contributed by atoms with Gasteiger partial charge in [0.15, 0.2) is 0 Å². The first-order valence-corrected chi connectivity index (χ1v) is 15.2. The fourth-order valence-electron chi connectivity index (χ4n) is 4.55. The van der Waals surface area contributed by atoms with Gasteiger partial charge in [0.1, 0.15) is 0 Å². The monoisotopic (exact) mass is 368 g/mol. The zero-order chi connectivity index (χ0) is 16.5. The Balaban J connectivity index is 3.25. The molecule has 0 aliphatic heterocycles. The molecule has 0 bridgehead atoms. The zero-order valence-electron chi connectivity index (χ0n) is 16.0. The Morgan fingerprint density at radius 1 is 0.619 bits per heavy atom. The van der Waals surface area contributed by atoms with Crippen molar-refractivity contribution in [2.24, 2.45) is 16.2 Å². The Morgan fingerprint density at radius 3 is 1.14 bits per heavy atom. The standard InChI is InChI=1S/C5H5.3C5H11.Zr/c1-2-4-5-3-1;3*1-5(2,3)4;/h1-5H;3*1H2,2-4H3;. The normalized spacial score (nSPS) is 17.8. The van der Waals surface area contributed by atoms with Crippen molar-refractivity contribution in [3.05, 3.63) is 24.3 Å². The average molecular weight is 370 g/mol. The van der Waals surface area contributed by atoms with E-state index >= 15 is 0 Å². The van der Waals surface area contributed by atoms with Gasteiger partial charge in [-0.25, -0.2) is 0 Å². The van der Waals surface area contributed by atoms with Gasteiger partial charge in [0.2, 0.25) is 0 Å². The molecule has 0 amide bonds. The summed E-state index contributed by atoms with van der Waals surface area (Å²) in [6.07, 6.45) is 9.65. The van der Waals surface area contributed by atoms with E-state index in [0.29, 0.717) is 16.2 Å². The molecule has 0 saturated heterocycles. The van der Waals surface area contributed by atoms with E-state index in [9.17, 15) is 0 Å². The minimum absolute atomic E-state index is 0.455. The van der Waals surface area contributed by atoms with E-state index in [2.05, 4.69) is 86.6 Å². The van der Waals surface area contributed by atoms with Gasteiger partial charge in [-0.2, -0.15) is 0 Å². The van der Waals surface area contributed by atoms with E-state index < -0.39 is 20.3 Å². The molecule has 0 radical (unpaired) electrons. The summed E-state index contributed by atoms with van der Waals surface area (Å²) in [5.74, 6) is 0. The minimum atomic E-state index is -2.36. The van der Waals surface area contributed by atoms with Gasteiger partial charge in [-0.3, -0.25) is 0 Å². The van der Waals surface area contributed by atoms with Gasteiger partial charge >= 0.3 is 139 Å².